The molecule has 4 rings (SSSR count). The number of aromatic nitrogens is 6. The number of hydrogen-bond acceptors (Lipinski definition) is 8. The zero-order valence-corrected chi connectivity index (χ0v) is 14.4. The molecular formula is C16H19FN8O. The van der Waals surface area contributed by atoms with Crippen LogP contribution in [0.4, 0.5) is 16.0 Å². The van der Waals surface area contributed by atoms with Gasteiger partial charge in [0, 0.05) is 39.8 Å². The molecule has 0 bridgehead atoms. The number of fused-ring (bicyclic) bond motifs is 1. The molecule has 0 amide bonds. The molecule has 0 saturated carbocycles. The highest BCUT2D eigenvalue weighted by Gasteiger charge is 2.23. The van der Waals surface area contributed by atoms with Crippen LogP contribution in [-0.4, -0.2) is 69.4 Å². The van der Waals surface area contributed by atoms with E-state index in [-0.39, 0.29) is 0 Å². The van der Waals surface area contributed by atoms with Gasteiger partial charge in [0.2, 0.25) is 0 Å². The molecule has 1 aliphatic heterocycles. The summed E-state index contributed by atoms with van der Waals surface area (Å²) in [6, 6.07) is 0. The Bertz CT molecular complexity index is 893. The Balaban J connectivity index is 1.53. The summed E-state index contributed by atoms with van der Waals surface area (Å²) in [7, 11) is 1.67. The average Bonchev–Trinajstić information content (AvgIpc) is 3.10. The van der Waals surface area contributed by atoms with Crippen LogP contribution in [-0.2, 0) is 11.3 Å². The summed E-state index contributed by atoms with van der Waals surface area (Å²) >= 11 is 0. The van der Waals surface area contributed by atoms with Gasteiger partial charge in [0.25, 0.3) is 0 Å². The van der Waals surface area contributed by atoms with E-state index in [9.17, 15) is 4.39 Å². The molecule has 0 unspecified atom stereocenters. The lowest BCUT2D eigenvalue weighted by Gasteiger charge is -2.35. The molecule has 9 nitrogen and oxygen atoms in total. The lowest BCUT2D eigenvalue weighted by atomic mass is 10.3. The molecule has 0 N–H and O–H groups in total. The van der Waals surface area contributed by atoms with Crippen LogP contribution in [0.3, 0.4) is 0 Å². The average molecular weight is 358 g/mol. The van der Waals surface area contributed by atoms with Crippen LogP contribution in [0.5, 0.6) is 0 Å². The summed E-state index contributed by atoms with van der Waals surface area (Å²) in [6.45, 7) is 3.95. The maximum atomic E-state index is 13.9. The molecule has 136 valence electrons. The third-order valence-corrected chi connectivity index (χ3v) is 4.45. The van der Waals surface area contributed by atoms with Crippen molar-refractivity contribution in [2.75, 3.05) is 49.7 Å². The Labute approximate surface area is 149 Å². The molecule has 10 heteroatoms. The molecule has 1 saturated heterocycles. The Morgan fingerprint density at radius 1 is 1.00 bits per heavy atom. The van der Waals surface area contributed by atoms with Gasteiger partial charge in [-0.1, -0.05) is 0 Å². The fourth-order valence-corrected chi connectivity index (χ4v) is 3.12. The first-order valence-electron chi connectivity index (χ1n) is 8.38. The summed E-state index contributed by atoms with van der Waals surface area (Å²) < 4.78 is 21.0. The van der Waals surface area contributed by atoms with E-state index >= 15 is 0 Å². The van der Waals surface area contributed by atoms with Crippen LogP contribution >= 0.6 is 0 Å². The first kappa shape index (κ1) is 16.6. The second-order valence-corrected chi connectivity index (χ2v) is 5.97. The van der Waals surface area contributed by atoms with Crippen LogP contribution in [0.2, 0.25) is 0 Å². The van der Waals surface area contributed by atoms with Gasteiger partial charge >= 0.3 is 0 Å². The van der Waals surface area contributed by atoms with Crippen molar-refractivity contribution in [1.82, 2.24) is 29.5 Å². The highest BCUT2D eigenvalue weighted by Crippen LogP contribution is 2.24. The zero-order valence-electron chi connectivity index (χ0n) is 14.4. The summed E-state index contributed by atoms with van der Waals surface area (Å²) in [5.41, 5.74) is 1.56. The van der Waals surface area contributed by atoms with Crippen LogP contribution in [0, 0.1) is 5.82 Å². The lowest BCUT2D eigenvalue weighted by Crippen LogP contribution is -2.47. The third kappa shape index (κ3) is 3.03. The smallest absolute Gasteiger partial charge is 0.183 e. The number of ether oxygens (including phenoxy) is 1. The molecule has 0 spiro atoms. The minimum Gasteiger partial charge on any atom is -0.383 e. The van der Waals surface area contributed by atoms with Crippen LogP contribution in [0.1, 0.15) is 0 Å². The summed E-state index contributed by atoms with van der Waals surface area (Å²) in [6.07, 6.45) is 5.87. The SMILES string of the molecule is COCCn1cnc2c(N3CCN(c4ncncc4F)CC3)ncnc21. The monoisotopic (exact) mass is 358 g/mol. The second kappa shape index (κ2) is 7.16. The maximum absolute atomic E-state index is 13.9. The highest BCUT2D eigenvalue weighted by molar-refractivity contribution is 5.83. The van der Waals surface area contributed by atoms with Crippen molar-refractivity contribution < 1.29 is 9.13 Å². The molecule has 0 radical (unpaired) electrons. The predicted molar refractivity (Wildman–Crippen MR) is 93.6 cm³/mol. The van der Waals surface area contributed by atoms with Crippen molar-refractivity contribution in [2.24, 2.45) is 0 Å². The quantitative estimate of drug-likeness (QED) is 0.660. The van der Waals surface area contributed by atoms with Gasteiger partial charge in [-0.25, -0.2) is 29.3 Å². The van der Waals surface area contributed by atoms with E-state index in [0.29, 0.717) is 45.1 Å². The van der Waals surface area contributed by atoms with Gasteiger partial charge in [-0.3, -0.25) is 0 Å². The van der Waals surface area contributed by atoms with E-state index in [4.69, 9.17) is 4.74 Å². The molecule has 4 heterocycles. The fraction of sp³-hybridized carbons (Fsp3) is 0.438. The molecule has 3 aromatic heterocycles. The van der Waals surface area contributed by atoms with Gasteiger partial charge in [0.1, 0.15) is 12.7 Å². The van der Waals surface area contributed by atoms with Crippen LogP contribution in [0.15, 0.2) is 25.2 Å². The molecule has 26 heavy (non-hydrogen) atoms. The Morgan fingerprint density at radius 3 is 2.46 bits per heavy atom. The van der Waals surface area contributed by atoms with Crippen molar-refractivity contribution >= 4 is 22.8 Å². The predicted octanol–water partition coefficient (Wildman–Crippen LogP) is 0.728. The molecule has 1 aliphatic rings. The van der Waals surface area contributed by atoms with E-state index in [0.717, 1.165) is 17.0 Å². The summed E-state index contributed by atoms with van der Waals surface area (Å²) in [5.74, 6) is 0.743. The number of imidazole rings is 1. The number of hydrogen-bond donors (Lipinski definition) is 0. The maximum Gasteiger partial charge on any atom is 0.183 e. The van der Waals surface area contributed by atoms with Gasteiger partial charge in [-0.15, -0.1) is 0 Å². The normalized spacial score (nSPS) is 15.0. The standard InChI is InChI=1S/C16H19FN8O/c1-26-7-6-25-11-22-13-15(20-10-21-16(13)25)24-4-2-23(3-5-24)14-12(17)8-18-9-19-14/h8-11H,2-7H2,1H3. The molecule has 0 aliphatic carbocycles. The van der Waals surface area contributed by atoms with E-state index in [1.807, 2.05) is 9.47 Å². The Hall–Kier alpha value is -2.88. The number of piperazine rings is 1. The van der Waals surface area contributed by atoms with Crippen molar-refractivity contribution in [2.45, 2.75) is 6.54 Å². The largest absolute Gasteiger partial charge is 0.383 e. The minimum absolute atomic E-state index is 0.344. The van der Waals surface area contributed by atoms with Crippen LogP contribution < -0.4 is 9.80 Å². The van der Waals surface area contributed by atoms with Gasteiger partial charge in [-0.05, 0) is 0 Å². The van der Waals surface area contributed by atoms with Gasteiger partial charge in [-0.2, -0.15) is 0 Å². The lowest BCUT2D eigenvalue weighted by molar-refractivity contribution is 0.188. The first-order valence-corrected chi connectivity index (χ1v) is 8.38. The molecule has 0 aromatic carbocycles. The number of nitrogens with zero attached hydrogens (tertiary/aromatic N) is 8. The van der Waals surface area contributed by atoms with E-state index < -0.39 is 5.82 Å². The van der Waals surface area contributed by atoms with E-state index in [2.05, 4.69) is 29.8 Å². The zero-order chi connectivity index (χ0) is 17.9. The molecular weight excluding hydrogens is 339 g/mol. The summed E-state index contributed by atoms with van der Waals surface area (Å²) in [4.78, 5) is 25.1. The fourth-order valence-electron chi connectivity index (χ4n) is 3.12. The van der Waals surface area contributed by atoms with Crippen molar-refractivity contribution in [3.05, 3.63) is 31.0 Å². The number of rotatable bonds is 5. The van der Waals surface area contributed by atoms with Crippen molar-refractivity contribution in [3.8, 4) is 0 Å². The number of halogens is 1. The van der Waals surface area contributed by atoms with Gasteiger partial charge in [0.15, 0.2) is 28.6 Å². The third-order valence-electron chi connectivity index (χ3n) is 4.45. The molecule has 1 fully saturated rings. The topological polar surface area (TPSA) is 85.1 Å². The Morgan fingerprint density at radius 2 is 1.73 bits per heavy atom. The Kier molecular flexibility index (Phi) is 4.57. The number of methoxy groups -OCH3 is 1. The van der Waals surface area contributed by atoms with Gasteiger partial charge < -0.3 is 19.1 Å². The van der Waals surface area contributed by atoms with E-state index in [1.165, 1.54) is 12.5 Å². The molecule has 3 aromatic rings. The van der Waals surface area contributed by atoms with E-state index in [1.54, 1.807) is 19.8 Å². The van der Waals surface area contributed by atoms with Gasteiger partial charge in [0.05, 0.1) is 19.1 Å². The van der Waals surface area contributed by atoms with Crippen LogP contribution in [0.25, 0.3) is 11.2 Å². The minimum atomic E-state index is -0.401. The molecule has 0 atom stereocenters. The van der Waals surface area contributed by atoms with Crippen molar-refractivity contribution in [1.29, 1.82) is 0 Å². The second-order valence-electron chi connectivity index (χ2n) is 5.97. The first-order chi connectivity index (χ1) is 12.8. The highest BCUT2D eigenvalue weighted by atomic mass is 19.1. The summed E-state index contributed by atoms with van der Waals surface area (Å²) in [5, 5.41) is 0. The number of anilines is 2. The van der Waals surface area contributed by atoms with Crippen molar-refractivity contribution in [3.63, 3.8) is 0 Å².